The van der Waals surface area contributed by atoms with Crippen molar-refractivity contribution in [3.63, 3.8) is 0 Å². The minimum Gasteiger partial charge on any atom is -0.381 e. The summed E-state index contributed by atoms with van der Waals surface area (Å²) in [5.74, 6) is 0.665. The third-order valence-corrected chi connectivity index (χ3v) is 4.39. The van der Waals surface area contributed by atoms with Gasteiger partial charge in [-0.25, -0.2) is 0 Å². The van der Waals surface area contributed by atoms with Gasteiger partial charge in [-0.3, -0.25) is 4.68 Å². The summed E-state index contributed by atoms with van der Waals surface area (Å²) in [5.41, 5.74) is 4.10. The highest BCUT2D eigenvalue weighted by atomic mass is 16.5. The number of hydrogen-bond acceptors (Lipinski definition) is 3. The maximum absolute atomic E-state index is 5.45. The smallest absolute Gasteiger partial charge is 0.0631 e. The maximum atomic E-state index is 5.45. The van der Waals surface area contributed by atoms with Crippen LogP contribution in [0.3, 0.4) is 0 Å². The number of nitrogens with one attached hydrogen (secondary N) is 1. The first-order valence-corrected chi connectivity index (χ1v) is 7.11. The quantitative estimate of drug-likeness (QED) is 0.870. The molecule has 0 aliphatic carbocycles. The van der Waals surface area contributed by atoms with Crippen molar-refractivity contribution in [1.29, 1.82) is 0 Å². The molecular weight excluding hydrogens is 226 g/mol. The van der Waals surface area contributed by atoms with E-state index in [1.165, 1.54) is 23.4 Å². The predicted octanol–water partition coefficient (Wildman–Crippen LogP) is 1.93. The second-order valence-corrected chi connectivity index (χ2v) is 5.56. The van der Waals surface area contributed by atoms with Gasteiger partial charge in [-0.2, -0.15) is 5.10 Å². The zero-order valence-corrected chi connectivity index (χ0v) is 11.4. The summed E-state index contributed by atoms with van der Waals surface area (Å²) in [4.78, 5) is 0. The summed E-state index contributed by atoms with van der Waals surface area (Å²) in [6.45, 7) is 8.42. The van der Waals surface area contributed by atoms with E-state index in [0.29, 0.717) is 12.0 Å². The molecule has 0 spiro atoms. The summed E-state index contributed by atoms with van der Waals surface area (Å²) in [5, 5.41) is 8.27. The lowest BCUT2D eigenvalue weighted by atomic mass is 9.96. The van der Waals surface area contributed by atoms with Crippen LogP contribution in [0, 0.1) is 13.8 Å². The molecule has 0 saturated carbocycles. The number of aryl methyl sites for hydroxylation is 1. The highest BCUT2D eigenvalue weighted by Crippen LogP contribution is 2.31. The van der Waals surface area contributed by atoms with Gasteiger partial charge in [0.15, 0.2) is 0 Å². The van der Waals surface area contributed by atoms with Crippen molar-refractivity contribution in [2.75, 3.05) is 26.3 Å². The molecule has 3 heterocycles. The number of rotatable bonds is 2. The Morgan fingerprint density at radius 3 is 2.67 bits per heavy atom. The van der Waals surface area contributed by atoms with Gasteiger partial charge in [-0.1, -0.05) is 0 Å². The van der Waals surface area contributed by atoms with Crippen molar-refractivity contribution in [2.45, 2.75) is 45.1 Å². The minimum absolute atomic E-state index is 0.542. The molecule has 1 atom stereocenters. The molecule has 1 unspecified atom stereocenters. The second kappa shape index (κ2) is 5.02. The van der Waals surface area contributed by atoms with E-state index >= 15 is 0 Å². The number of ether oxygens (including phenoxy) is 1. The summed E-state index contributed by atoms with van der Waals surface area (Å²) < 4.78 is 7.72. The van der Waals surface area contributed by atoms with E-state index < -0.39 is 0 Å². The fourth-order valence-electron chi connectivity index (χ4n) is 3.45. The fourth-order valence-corrected chi connectivity index (χ4v) is 3.45. The van der Waals surface area contributed by atoms with Crippen LogP contribution in [0.2, 0.25) is 0 Å². The molecule has 0 bridgehead atoms. The van der Waals surface area contributed by atoms with Gasteiger partial charge in [0.1, 0.15) is 0 Å². The first kappa shape index (κ1) is 12.2. The molecule has 2 saturated heterocycles. The monoisotopic (exact) mass is 249 g/mol. The van der Waals surface area contributed by atoms with E-state index in [4.69, 9.17) is 9.84 Å². The first-order valence-electron chi connectivity index (χ1n) is 7.11. The molecule has 4 heteroatoms. The first-order chi connectivity index (χ1) is 8.77. The Morgan fingerprint density at radius 1 is 1.22 bits per heavy atom. The lowest BCUT2D eigenvalue weighted by molar-refractivity contribution is 0.0655. The average molecular weight is 249 g/mol. The summed E-state index contributed by atoms with van der Waals surface area (Å²) in [7, 11) is 0. The molecule has 0 aromatic carbocycles. The van der Waals surface area contributed by atoms with E-state index in [1.54, 1.807) is 0 Å². The molecule has 2 aliphatic heterocycles. The SMILES string of the molecule is Cc1nn(C2CCOCC2)c(C)c1C1CCNC1. The minimum atomic E-state index is 0.542. The van der Waals surface area contributed by atoms with Crippen LogP contribution < -0.4 is 5.32 Å². The predicted molar refractivity (Wildman–Crippen MR) is 71.0 cm³/mol. The summed E-state index contributed by atoms with van der Waals surface area (Å²) in [6.07, 6.45) is 3.45. The van der Waals surface area contributed by atoms with E-state index in [0.717, 1.165) is 39.1 Å². The van der Waals surface area contributed by atoms with Gasteiger partial charge in [0.25, 0.3) is 0 Å². The molecule has 2 fully saturated rings. The molecule has 3 rings (SSSR count). The fraction of sp³-hybridized carbons (Fsp3) is 0.786. The summed E-state index contributed by atoms with van der Waals surface area (Å²) in [6, 6.07) is 0.542. The van der Waals surface area contributed by atoms with Crippen LogP contribution in [-0.2, 0) is 4.74 Å². The second-order valence-electron chi connectivity index (χ2n) is 5.56. The van der Waals surface area contributed by atoms with E-state index in [1.807, 2.05) is 0 Å². The zero-order valence-electron chi connectivity index (χ0n) is 11.4. The maximum Gasteiger partial charge on any atom is 0.0631 e. The summed E-state index contributed by atoms with van der Waals surface area (Å²) >= 11 is 0. The lowest BCUT2D eigenvalue weighted by Crippen LogP contribution is -2.21. The molecule has 1 N–H and O–H groups in total. The van der Waals surface area contributed by atoms with Gasteiger partial charge in [0, 0.05) is 36.9 Å². The molecule has 4 nitrogen and oxygen atoms in total. The van der Waals surface area contributed by atoms with Crippen molar-refractivity contribution >= 4 is 0 Å². The van der Waals surface area contributed by atoms with Crippen LogP contribution in [0.1, 0.15) is 48.2 Å². The van der Waals surface area contributed by atoms with Gasteiger partial charge in [-0.15, -0.1) is 0 Å². The van der Waals surface area contributed by atoms with E-state index in [-0.39, 0.29) is 0 Å². The van der Waals surface area contributed by atoms with Crippen LogP contribution in [0.15, 0.2) is 0 Å². The van der Waals surface area contributed by atoms with Crippen molar-refractivity contribution in [3.8, 4) is 0 Å². The van der Waals surface area contributed by atoms with Crippen molar-refractivity contribution in [1.82, 2.24) is 15.1 Å². The van der Waals surface area contributed by atoms with Gasteiger partial charge < -0.3 is 10.1 Å². The van der Waals surface area contributed by atoms with Crippen molar-refractivity contribution in [3.05, 3.63) is 17.0 Å². The number of aromatic nitrogens is 2. The Morgan fingerprint density at radius 2 is 2.00 bits per heavy atom. The highest BCUT2D eigenvalue weighted by molar-refractivity contribution is 5.30. The van der Waals surface area contributed by atoms with Crippen molar-refractivity contribution < 1.29 is 4.74 Å². The van der Waals surface area contributed by atoms with Gasteiger partial charge in [0.2, 0.25) is 0 Å². The Kier molecular flexibility index (Phi) is 3.39. The third kappa shape index (κ3) is 2.08. The highest BCUT2D eigenvalue weighted by Gasteiger charge is 2.26. The molecule has 100 valence electrons. The Labute approximate surface area is 109 Å². The number of hydrogen-bond donors (Lipinski definition) is 1. The largest absolute Gasteiger partial charge is 0.381 e. The normalized spacial score (nSPS) is 25.8. The van der Waals surface area contributed by atoms with Gasteiger partial charge >= 0.3 is 0 Å². The molecule has 0 amide bonds. The molecule has 2 aliphatic rings. The number of nitrogens with zero attached hydrogens (tertiary/aromatic N) is 2. The van der Waals surface area contributed by atoms with E-state index in [9.17, 15) is 0 Å². The van der Waals surface area contributed by atoms with Crippen molar-refractivity contribution in [2.24, 2.45) is 0 Å². The Bertz CT molecular complexity index is 415. The standard InChI is InChI=1S/C14H23N3O/c1-10-14(12-3-6-15-9-12)11(2)17(16-10)13-4-7-18-8-5-13/h12-13,15H,3-9H2,1-2H3. The van der Waals surface area contributed by atoms with Gasteiger partial charge in [0.05, 0.1) is 11.7 Å². The molecule has 18 heavy (non-hydrogen) atoms. The van der Waals surface area contributed by atoms with Crippen LogP contribution in [-0.4, -0.2) is 36.1 Å². The topological polar surface area (TPSA) is 39.1 Å². The van der Waals surface area contributed by atoms with E-state index in [2.05, 4.69) is 23.8 Å². The van der Waals surface area contributed by atoms with Crippen LogP contribution in [0.25, 0.3) is 0 Å². The average Bonchev–Trinajstić information content (AvgIpc) is 2.99. The Balaban J connectivity index is 1.89. The Hall–Kier alpha value is -0.870. The molecule has 1 aromatic heterocycles. The van der Waals surface area contributed by atoms with Crippen LogP contribution in [0.4, 0.5) is 0 Å². The van der Waals surface area contributed by atoms with Crippen LogP contribution >= 0.6 is 0 Å². The molecular formula is C14H23N3O. The third-order valence-electron chi connectivity index (χ3n) is 4.39. The van der Waals surface area contributed by atoms with Crippen LogP contribution in [0.5, 0.6) is 0 Å². The van der Waals surface area contributed by atoms with Gasteiger partial charge in [-0.05, 0) is 39.7 Å². The lowest BCUT2D eigenvalue weighted by Gasteiger charge is -2.24. The molecule has 1 aromatic rings. The molecule has 0 radical (unpaired) electrons. The zero-order chi connectivity index (χ0) is 12.5.